The number of nitrogens with zero attached hydrogens (tertiary/aromatic N) is 1. The molecule has 0 radical (unpaired) electrons. The van der Waals surface area contributed by atoms with Crippen molar-refractivity contribution in [3.05, 3.63) is 42.0 Å². The SMILES string of the molecule is CCN(CC)S(=O)(=O)c1ccc(OC)c(NC(=O)/C=C/c2cc(OC)c(OC)c(OC)c2)c1. The molecule has 0 saturated heterocycles. The van der Waals surface area contributed by atoms with Crippen molar-refractivity contribution in [1.82, 2.24) is 4.31 Å². The highest BCUT2D eigenvalue weighted by Crippen LogP contribution is 2.38. The van der Waals surface area contributed by atoms with Gasteiger partial charge in [0.25, 0.3) is 0 Å². The number of benzene rings is 2. The van der Waals surface area contributed by atoms with E-state index in [4.69, 9.17) is 18.9 Å². The van der Waals surface area contributed by atoms with Crippen LogP contribution in [0.1, 0.15) is 19.4 Å². The highest BCUT2D eigenvalue weighted by molar-refractivity contribution is 7.89. The Morgan fingerprint density at radius 2 is 1.48 bits per heavy atom. The zero-order chi connectivity index (χ0) is 24.6. The van der Waals surface area contributed by atoms with Gasteiger partial charge in [-0.3, -0.25) is 4.79 Å². The number of hydrogen-bond donors (Lipinski definition) is 1. The maximum Gasteiger partial charge on any atom is 0.248 e. The number of rotatable bonds is 11. The van der Waals surface area contributed by atoms with E-state index >= 15 is 0 Å². The van der Waals surface area contributed by atoms with Crippen LogP contribution in [0, 0.1) is 0 Å². The van der Waals surface area contributed by atoms with E-state index in [9.17, 15) is 13.2 Å². The van der Waals surface area contributed by atoms with Gasteiger partial charge in [-0.15, -0.1) is 0 Å². The molecule has 0 aromatic heterocycles. The van der Waals surface area contributed by atoms with Crippen LogP contribution in [-0.2, 0) is 14.8 Å². The van der Waals surface area contributed by atoms with Gasteiger partial charge in [0.15, 0.2) is 11.5 Å². The van der Waals surface area contributed by atoms with E-state index in [0.29, 0.717) is 41.7 Å². The number of ether oxygens (including phenoxy) is 4. The van der Waals surface area contributed by atoms with Gasteiger partial charge < -0.3 is 24.3 Å². The summed E-state index contributed by atoms with van der Waals surface area (Å²) in [6.45, 7) is 4.20. The van der Waals surface area contributed by atoms with Crippen molar-refractivity contribution in [2.45, 2.75) is 18.7 Å². The van der Waals surface area contributed by atoms with Crippen molar-refractivity contribution in [2.24, 2.45) is 0 Å². The summed E-state index contributed by atoms with van der Waals surface area (Å²) in [6.07, 6.45) is 2.88. The van der Waals surface area contributed by atoms with Gasteiger partial charge in [-0.2, -0.15) is 4.31 Å². The van der Waals surface area contributed by atoms with Crippen LogP contribution in [0.2, 0.25) is 0 Å². The Hall–Kier alpha value is -3.24. The molecule has 2 aromatic carbocycles. The van der Waals surface area contributed by atoms with E-state index < -0.39 is 15.9 Å². The molecule has 0 saturated carbocycles. The highest BCUT2D eigenvalue weighted by Gasteiger charge is 2.23. The van der Waals surface area contributed by atoms with E-state index in [1.54, 1.807) is 32.1 Å². The van der Waals surface area contributed by atoms with Crippen LogP contribution in [0.5, 0.6) is 23.0 Å². The minimum absolute atomic E-state index is 0.0657. The third-order valence-electron chi connectivity index (χ3n) is 4.89. The topological polar surface area (TPSA) is 103 Å². The van der Waals surface area contributed by atoms with Gasteiger partial charge in [-0.25, -0.2) is 8.42 Å². The first-order chi connectivity index (χ1) is 15.7. The van der Waals surface area contributed by atoms with Crippen molar-refractivity contribution in [3.8, 4) is 23.0 Å². The molecular formula is C23H30N2O7S. The summed E-state index contributed by atoms with van der Waals surface area (Å²) < 4.78 is 48.2. The van der Waals surface area contributed by atoms with Gasteiger partial charge in [0.05, 0.1) is 39.0 Å². The Bertz CT molecular complexity index is 1080. The highest BCUT2D eigenvalue weighted by atomic mass is 32.2. The lowest BCUT2D eigenvalue weighted by Gasteiger charge is -2.19. The number of methoxy groups -OCH3 is 4. The molecule has 0 atom stereocenters. The van der Waals surface area contributed by atoms with Crippen LogP contribution >= 0.6 is 0 Å². The first-order valence-electron chi connectivity index (χ1n) is 10.2. The molecule has 2 rings (SSSR count). The molecule has 0 bridgehead atoms. The van der Waals surface area contributed by atoms with Gasteiger partial charge in [0.1, 0.15) is 5.75 Å². The minimum atomic E-state index is -3.69. The van der Waals surface area contributed by atoms with Crippen LogP contribution in [0.15, 0.2) is 41.3 Å². The molecule has 0 spiro atoms. The third-order valence-corrected chi connectivity index (χ3v) is 6.93. The van der Waals surface area contributed by atoms with Gasteiger partial charge in [0.2, 0.25) is 21.7 Å². The molecule has 2 aromatic rings. The van der Waals surface area contributed by atoms with Crippen molar-refractivity contribution in [1.29, 1.82) is 0 Å². The average Bonchev–Trinajstić information content (AvgIpc) is 2.82. The largest absolute Gasteiger partial charge is 0.495 e. The maximum atomic E-state index is 12.8. The number of sulfonamides is 1. The van der Waals surface area contributed by atoms with Crippen LogP contribution in [0.25, 0.3) is 6.08 Å². The smallest absolute Gasteiger partial charge is 0.248 e. The molecule has 1 amide bonds. The quantitative estimate of drug-likeness (QED) is 0.494. The third kappa shape index (κ3) is 5.96. The summed E-state index contributed by atoms with van der Waals surface area (Å²) in [4.78, 5) is 12.7. The summed E-state index contributed by atoms with van der Waals surface area (Å²) in [5.74, 6) is 1.21. The Labute approximate surface area is 194 Å². The van der Waals surface area contributed by atoms with E-state index in [2.05, 4.69) is 5.32 Å². The average molecular weight is 479 g/mol. The number of nitrogens with one attached hydrogen (secondary N) is 1. The Morgan fingerprint density at radius 1 is 0.909 bits per heavy atom. The van der Waals surface area contributed by atoms with Gasteiger partial charge in [-0.1, -0.05) is 13.8 Å². The molecule has 0 fully saturated rings. The van der Waals surface area contributed by atoms with Gasteiger partial charge in [-0.05, 0) is 42.0 Å². The fourth-order valence-electron chi connectivity index (χ4n) is 3.20. The number of anilines is 1. The molecular weight excluding hydrogens is 448 g/mol. The summed E-state index contributed by atoms with van der Waals surface area (Å²) in [5.41, 5.74) is 0.884. The van der Waals surface area contributed by atoms with Gasteiger partial charge >= 0.3 is 0 Å². The van der Waals surface area contributed by atoms with E-state index in [1.807, 2.05) is 0 Å². The van der Waals surface area contributed by atoms with Crippen LogP contribution in [0.3, 0.4) is 0 Å². The second-order valence-electron chi connectivity index (χ2n) is 6.73. The summed E-state index contributed by atoms with van der Waals surface area (Å²) in [6, 6.07) is 7.74. The molecule has 10 heteroatoms. The molecule has 33 heavy (non-hydrogen) atoms. The molecule has 0 aliphatic carbocycles. The first-order valence-corrected chi connectivity index (χ1v) is 11.7. The zero-order valence-electron chi connectivity index (χ0n) is 19.7. The second-order valence-corrected chi connectivity index (χ2v) is 8.67. The Kier molecular flexibility index (Phi) is 9.12. The van der Waals surface area contributed by atoms with Crippen molar-refractivity contribution in [3.63, 3.8) is 0 Å². The summed E-state index contributed by atoms with van der Waals surface area (Å²) in [7, 11) is 2.26. The van der Waals surface area contributed by atoms with Crippen LogP contribution in [0.4, 0.5) is 5.69 Å². The van der Waals surface area contributed by atoms with E-state index in [-0.39, 0.29) is 10.6 Å². The summed E-state index contributed by atoms with van der Waals surface area (Å²) in [5, 5.41) is 2.68. The van der Waals surface area contributed by atoms with Crippen molar-refractivity contribution < 1.29 is 32.2 Å². The molecule has 0 aliphatic rings. The predicted octanol–water partition coefficient (Wildman–Crippen LogP) is 3.40. The first kappa shape index (κ1) is 26.0. The monoisotopic (exact) mass is 478 g/mol. The molecule has 1 N–H and O–H groups in total. The van der Waals surface area contributed by atoms with Crippen LogP contribution in [-0.4, -0.2) is 60.2 Å². The van der Waals surface area contributed by atoms with Gasteiger partial charge in [0, 0.05) is 19.2 Å². The minimum Gasteiger partial charge on any atom is -0.495 e. The predicted molar refractivity (Wildman–Crippen MR) is 127 cm³/mol. The summed E-state index contributed by atoms with van der Waals surface area (Å²) >= 11 is 0. The fraction of sp³-hybridized carbons (Fsp3) is 0.348. The van der Waals surface area contributed by atoms with Crippen molar-refractivity contribution >= 4 is 27.7 Å². The fourth-order valence-corrected chi connectivity index (χ4v) is 4.69. The maximum absolute atomic E-state index is 12.8. The van der Waals surface area contributed by atoms with Crippen molar-refractivity contribution in [2.75, 3.05) is 46.8 Å². The van der Waals surface area contributed by atoms with E-state index in [0.717, 1.165) is 0 Å². The lowest BCUT2D eigenvalue weighted by Crippen LogP contribution is -2.30. The number of hydrogen-bond acceptors (Lipinski definition) is 7. The van der Waals surface area contributed by atoms with Crippen LogP contribution < -0.4 is 24.3 Å². The zero-order valence-corrected chi connectivity index (χ0v) is 20.5. The normalized spacial score (nSPS) is 11.5. The lowest BCUT2D eigenvalue weighted by molar-refractivity contribution is -0.111. The molecule has 9 nitrogen and oxygen atoms in total. The molecule has 0 heterocycles. The number of carbonyl (C=O) groups excluding carboxylic acids is 1. The Balaban J connectivity index is 2.32. The molecule has 0 unspecified atom stereocenters. The Morgan fingerprint density at radius 3 is 1.97 bits per heavy atom. The molecule has 180 valence electrons. The standard InChI is InChI=1S/C23H30N2O7S/c1-7-25(8-2)33(27,28)17-10-11-19(29-3)18(15-17)24-22(26)12-9-16-13-20(30-4)23(32-6)21(14-16)31-5/h9-15H,7-8H2,1-6H3,(H,24,26)/b12-9+. The number of amides is 1. The molecule has 0 aliphatic heterocycles. The second kappa shape index (κ2) is 11.6. The van der Waals surface area contributed by atoms with E-state index in [1.165, 1.54) is 57.0 Å². The number of carbonyl (C=O) groups is 1. The lowest BCUT2D eigenvalue weighted by atomic mass is 10.1.